The van der Waals surface area contributed by atoms with Gasteiger partial charge in [-0.2, -0.15) is 0 Å². The van der Waals surface area contributed by atoms with Gasteiger partial charge in [-0.15, -0.1) is 11.3 Å². The Morgan fingerprint density at radius 2 is 2.00 bits per heavy atom. The summed E-state index contributed by atoms with van der Waals surface area (Å²) in [6.45, 7) is 8.18. The third kappa shape index (κ3) is 1.87. The standard InChI is InChI=1S/C13H19N3OS/c1-6-13(4,17-5)12-15-10(14)9-7(2)8(3)18-11(9)16-12/h6H2,1-5H3,(H2,14,15,16). The van der Waals surface area contributed by atoms with Crippen LogP contribution in [0.3, 0.4) is 0 Å². The summed E-state index contributed by atoms with van der Waals surface area (Å²) in [6, 6.07) is 0. The van der Waals surface area contributed by atoms with E-state index in [9.17, 15) is 0 Å². The van der Waals surface area contributed by atoms with Gasteiger partial charge >= 0.3 is 0 Å². The van der Waals surface area contributed by atoms with Crippen molar-refractivity contribution in [3.63, 3.8) is 0 Å². The summed E-state index contributed by atoms with van der Waals surface area (Å²) >= 11 is 1.66. The lowest BCUT2D eigenvalue weighted by Gasteiger charge is -2.24. The van der Waals surface area contributed by atoms with Crippen molar-refractivity contribution in [1.82, 2.24) is 9.97 Å². The number of hydrogen-bond donors (Lipinski definition) is 1. The van der Waals surface area contributed by atoms with Crippen LogP contribution < -0.4 is 5.73 Å². The van der Waals surface area contributed by atoms with Crippen LogP contribution in [0.2, 0.25) is 0 Å². The van der Waals surface area contributed by atoms with Crippen molar-refractivity contribution < 1.29 is 4.74 Å². The molecule has 2 heterocycles. The summed E-state index contributed by atoms with van der Waals surface area (Å²) in [5, 5.41) is 0.982. The van der Waals surface area contributed by atoms with Gasteiger partial charge in [-0.05, 0) is 32.8 Å². The van der Waals surface area contributed by atoms with Gasteiger partial charge < -0.3 is 10.5 Å². The second kappa shape index (κ2) is 4.48. The summed E-state index contributed by atoms with van der Waals surface area (Å²) in [5.74, 6) is 1.22. The van der Waals surface area contributed by atoms with Gasteiger partial charge in [-0.3, -0.25) is 0 Å². The summed E-state index contributed by atoms with van der Waals surface area (Å²) in [5.41, 5.74) is 6.77. The van der Waals surface area contributed by atoms with Gasteiger partial charge in [0.25, 0.3) is 0 Å². The number of nitrogens with two attached hydrogens (primary N) is 1. The molecule has 1 atom stereocenters. The molecule has 2 aromatic rings. The first-order valence-electron chi connectivity index (χ1n) is 6.01. The predicted molar refractivity (Wildman–Crippen MR) is 76.0 cm³/mol. The molecule has 0 saturated heterocycles. The molecule has 2 N–H and O–H groups in total. The minimum Gasteiger partial charge on any atom is -0.383 e. The quantitative estimate of drug-likeness (QED) is 0.926. The van der Waals surface area contributed by atoms with E-state index in [0.29, 0.717) is 11.6 Å². The highest BCUT2D eigenvalue weighted by Gasteiger charge is 2.29. The largest absolute Gasteiger partial charge is 0.383 e. The van der Waals surface area contributed by atoms with Gasteiger partial charge in [-0.25, -0.2) is 9.97 Å². The number of nitrogens with zero attached hydrogens (tertiary/aromatic N) is 2. The van der Waals surface area contributed by atoms with E-state index in [4.69, 9.17) is 10.5 Å². The van der Waals surface area contributed by atoms with Crippen molar-refractivity contribution in [2.45, 2.75) is 39.7 Å². The Morgan fingerprint density at radius 1 is 1.33 bits per heavy atom. The van der Waals surface area contributed by atoms with Crippen LogP contribution >= 0.6 is 11.3 Å². The number of hydrogen-bond acceptors (Lipinski definition) is 5. The van der Waals surface area contributed by atoms with E-state index in [-0.39, 0.29) is 0 Å². The number of thiophene rings is 1. The molecule has 0 bridgehead atoms. The lowest BCUT2D eigenvalue weighted by Crippen LogP contribution is -2.26. The average molecular weight is 265 g/mol. The normalized spacial score (nSPS) is 14.9. The zero-order valence-corrected chi connectivity index (χ0v) is 12.3. The Hall–Kier alpha value is -1.20. The van der Waals surface area contributed by atoms with Crippen LogP contribution in [0.4, 0.5) is 5.82 Å². The number of methoxy groups -OCH3 is 1. The molecule has 0 aliphatic heterocycles. The van der Waals surface area contributed by atoms with Crippen LogP contribution in [-0.4, -0.2) is 17.1 Å². The van der Waals surface area contributed by atoms with E-state index in [2.05, 4.69) is 30.7 Å². The van der Waals surface area contributed by atoms with Crippen molar-refractivity contribution in [3.05, 3.63) is 16.3 Å². The maximum Gasteiger partial charge on any atom is 0.163 e. The first-order valence-corrected chi connectivity index (χ1v) is 6.83. The van der Waals surface area contributed by atoms with Gasteiger partial charge in [0.05, 0.1) is 5.39 Å². The van der Waals surface area contributed by atoms with Crippen molar-refractivity contribution in [2.24, 2.45) is 0 Å². The van der Waals surface area contributed by atoms with Crippen LogP contribution in [0.1, 0.15) is 36.5 Å². The highest BCUT2D eigenvalue weighted by Crippen LogP contribution is 2.34. The molecule has 0 fully saturated rings. The minimum atomic E-state index is -0.478. The topological polar surface area (TPSA) is 61.0 Å². The van der Waals surface area contributed by atoms with Crippen LogP contribution in [0.5, 0.6) is 0 Å². The Labute approximate surface area is 111 Å². The van der Waals surface area contributed by atoms with Gasteiger partial charge in [0.1, 0.15) is 16.2 Å². The molecule has 98 valence electrons. The first-order chi connectivity index (χ1) is 8.42. The SMILES string of the molecule is CCC(C)(OC)c1nc(N)c2c(C)c(C)sc2n1. The fourth-order valence-corrected chi connectivity index (χ4v) is 2.95. The van der Waals surface area contributed by atoms with Crippen LogP contribution in [0.25, 0.3) is 10.2 Å². The summed E-state index contributed by atoms with van der Waals surface area (Å²) in [7, 11) is 1.68. The highest BCUT2D eigenvalue weighted by molar-refractivity contribution is 7.18. The fraction of sp³-hybridized carbons (Fsp3) is 0.538. The number of fused-ring (bicyclic) bond motifs is 1. The number of aromatic nitrogens is 2. The molecular weight excluding hydrogens is 246 g/mol. The molecular formula is C13H19N3OS. The van der Waals surface area contributed by atoms with Crippen molar-refractivity contribution in [2.75, 3.05) is 12.8 Å². The second-order valence-corrected chi connectivity index (χ2v) is 5.89. The van der Waals surface area contributed by atoms with Crippen LogP contribution in [-0.2, 0) is 10.3 Å². The monoisotopic (exact) mass is 265 g/mol. The molecule has 4 nitrogen and oxygen atoms in total. The first kappa shape index (κ1) is 13.2. The molecule has 1 unspecified atom stereocenters. The Bertz CT molecular complexity index is 587. The Morgan fingerprint density at radius 3 is 2.56 bits per heavy atom. The molecule has 0 aliphatic rings. The zero-order chi connectivity index (χ0) is 13.5. The van der Waals surface area contributed by atoms with Crippen molar-refractivity contribution >= 4 is 27.4 Å². The number of ether oxygens (including phenoxy) is 1. The molecule has 0 aliphatic carbocycles. The Balaban J connectivity index is 2.70. The zero-order valence-electron chi connectivity index (χ0n) is 11.5. The van der Waals surface area contributed by atoms with Crippen LogP contribution in [0.15, 0.2) is 0 Å². The van der Waals surface area contributed by atoms with Gasteiger partial charge in [-0.1, -0.05) is 6.92 Å². The summed E-state index contributed by atoms with van der Waals surface area (Å²) in [4.78, 5) is 11.3. The van der Waals surface area contributed by atoms with E-state index in [1.807, 2.05) is 6.92 Å². The fourth-order valence-electron chi connectivity index (χ4n) is 1.91. The lowest BCUT2D eigenvalue weighted by molar-refractivity contribution is -0.00854. The molecule has 0 amide bonds. The third-order valence-electron chi connectivity index (χ3n) is 3.65. The second-order valence-electron chi connectivity index (χ2n) is 4.68. The number of rotatable bonds is 3. The van der Waals surface area contributed by atoms with Crippen molar-refractivity contribution in [3.8, 4) is 0 Å². The summed E-state index contributed by atoms with van der Waals surface area (Å²) < 4.78 is 5.54. The smallest absolute Gasteiger partial charge is 0.163 e. The van der Waals surface area contributed by atoms with Gasteiger partial charge in [0.2, 0.25) is 0 Å². The average Bonchev–Trinajstić information content (AvgIpc) is 2.64. The molecule has 2 rings (SSSR count). The van der Waals surface area contributed by atoms with E-state index < -0.39 is 5.60 Å². The number of aryl methyl sites for hydroxylation is 2. The lowest BCUT2D eigenvalue weighted by atomic mass is 10.0. The molecule has 5 heteroatoms. The molecule has 0 radical (unpaired) electrons. The van der Waals surface area contributed by atoms with E-state index in [0.717, 1.165) is 16.6 Å². The predicted octanol–water partition coefficient (Wildman–Crippen LogP) is 3.16. The van der Waals surface area contributed by atoms with Gasteiger partial charge in [0, 0.05) is 12.0 Å². The highest BCUT2D eigenvalue weighted by atomic mass is 32.1. The van der Waals surface area contributed by atoms with E-state index in [1.54, 1.807) is 18.4 Å². The maximum atomic E-state index is 6.08. The Kier molecular flexibility index (Phi) is 3.29. The van der Waals surface area contributed by atoms with Crippen molar-refractivity contribution in [1.29, 1.82) is 0 Å². The molecule has 2 aromatic heterocycles. The van der Waals surface area contributed by atoms with E-state index in [1.165, 1.54) is 10.4 Å². The molecule has 18 heavy (non-hydrogen) atoms. The third-order valence-corrected chi connectivity index (χ3v) is 4.76. The van der Waals surface area contributed by atoms with E-state index >= 15 is 0 Å². The minimum absolute atomic E-state index is 0.478. The molecule has 0 aromatic carbocycles. The number of nitrogen functional groups attached to an aromatic ring is 1. The molecule has 0 spiro atoms. The van der Waals surface area contributed by atoms with Gasteiger partial charge in [0.15, 0.2) is 5.82 Å². The number of anilines is 1. The maximum absolute atomic E-state index is 6.08. The summed E-state index contributed by atoms with van der Waals surface area (Å²) in [6.07, 6.45) is 0.803. The molecule has 0 saturated carbocycles. The van der Waals surface area contributed by atoms with Crippen LogP contribution in [0, 0.1) is 13.8 Å².